The Bertz CT molecular complexity index is 585. The lowest BCUT2D eigenvalue weighted by atomic mass is 10.1. The fourth-order valence-electron chi connectivity index (χ4n) is 1.95. The summed E-state index contributed by atoms with van der Waals surface area (Å²) in [4.78, 5) is 15.5. The first kappa shape index (κ1) is 16.0. The maximum absolute atomic E-state index is 11.5. The normalized spacial score (nSPS) is 11.7. The van der Waals surface area contributed by atoms with E-state index in [-0.39, 0.29) is 5.97 Å². The number of nitrogens with two attached hydrogens (primary N) is 1. The number of nitrogens with zero attached hydrogens (tertiary/aromatic N) is 1. The lowest BCUT2D eigenvalue weighted by Gasteiger charge is -2.11. The molecule has 0 amide bonds. The van der Waals surface area contributed by atoms with Gasteiger partial charge in [-0.1, -0.05) is 12.1 Å². The molecule has 1 unspecified atom stereocenters. The molecule has 2 N–H and O–H groups in total. The molecule has 22 heavy (non-hydrogen) atoms. The molecule has 0 saturated heterocycles. The Morgan fingerprint density at radius 1 is 1.14 bits per heavy atom. The lowest BCUT2D eigenvalue weighted by Crippen LogP contribution is -2.34. The number of esters is 1. The Labute approximate surface area is 130 Å². The zero-order chi connectivity index (χ0) is 15.8. The van der Waals surface area contributed by atoms with Crippen molar-refractivity contribution in [1.82, 2.24) is 4.98 Å². The zero-order valence-corrected chi connectivity index (χ0v) is 12.6. The summed E-state index contributed by atoms with van der Waals surface area (Å²) in [7, 11) is 0. The van der Waals surface area contributed by atoms with Crippen LogP contribution >= 0.6 is 0 Å². The molecule has 0 fully saturated rings. The molecule has 1 aromatic carbocycles. The second kappa shape index (κ2) is 8.14. The second-order valence-corrected chi connectivity index (χ2v) is 4.85. The first-order valence-electron chi connectivity index (χ1n) is 7.22. The van der Waals surface area contributed by atoms with Crippen molar-refractivity contribution in [2.45, 2.75) is 26.0 Å². The molecule has 0 aliphatic rings. The van der Waals surface area contributed by atoms with Gasteiger partial charge in [-0.05, 0) is 48.7 Å². The van der Waals surface area contributed by atoms with Gasteiger partial charge in [-0.3, -0.25) is 9.78 Å². The highest BCUT2D eigenvalue weighted by Gasteiger charge is 2.14. The molecular weight excluding hydrogens is 280 g/mol. The van der Waals surface area contributed by atoms with Crippen LogP contribution in [0.2, 0.25) is 0 Å². The average Bonchev–Trinajstić information content (AvgIpc) is 2.55. The van der Waals surface area contributed by atoms with E-state index in [1.165, 1.54) is 0 Å². The van der Waals surface area contributed by atoms with Gasteiger partial charge in [-0.25, -0.2) is 0 Å². The number of pyridine rings is 1. The van der Waals surface area contributed by atoms with Gasteiger partial charge in [-0.2, -0.15) is 0 Å². The highest BCUT2D eigenvalue weighted by molar-refractivity contribution is 5.75. The number of rotatable bonds is 7. The van der Waals surface area contributed by atoms with Gasteiger partial charge in [0.05, 0.1) is 6.61 Å². The van der Waals surface area contributed by atoms with Crippen LogP contribution in [0.15, 0.2) is 48.8 Å². The van der Waals surface area contributed by atoms with Crippen molar-refractivity contribution in [1.29, 1.82) is 0 Å². The van der Waals surface area contributed by atoms with Crippen LogP contribution in [0.25, 0.3) is 0 Å². The van der Waals surface area contributed by atoms with Crippen molar-refractivity contribution in [2.75, 3.05) is 6.61 Å². The highest BCUT2D eigenvalue weighted by atomic mass is 16.5. The molecule has 116 valence electrons. The Balaban J connectivity index is 1.86. The zero-order valence-electron chi connectivity index (χ0n) is 12.6. The number of carbonyl (C=O) groups is 1. The SMILES string of the molecule is CCOC(=O)C(N)Cc1ccc(OCc2ccncc2)cc1. The van der Waals surface area contributed by atoms with E-state index >= 15 is 0 Å². The third-order valence-corrected chi connectivity index (χ3v) is 3.12. The van der Waals surface area contributed by atoms with E-state index in [1.54, 1.807) is 19.3 Å². The topological polar surface area (TPSA) is 74.4 Å². The molecule has 0 aliphatic heterocycles. The largest absolute Gasteiger partial charge is 0.489 e. The van der Waals surface area contributed by atoms with Crippen molar-refractivity contribution in [2.24, 2.45) is 5.73 Å². The van der Waals surface area contributed by atoms with Crippen molar-refractivity contribution < 1.29 is 14.3 Å². The summed E-state index contributed by atoms with van der Waals surface area (Å²) in [6.45, 7) is 2.60. The molecular formula is C17H20N2O3. The van der Waals surface area contributed by atoms with Gasteiger partial charge in [0.25, 0.3) is 0 Å². The quantitative estimate of drug-likeness (QED) is 0.793. The maximum atomic E-state index is 11.5. The molecule has 2 aromatic rings. The Kier molecular flexibility index (Phi) is 5.91. The minimum Gasteiger partial charge on any atom is -0.489 e. The van der Waals surface area contributed by atoms with Crippen LogP contribution in [0.4, 0.5) is 0 Å². The van der Waals surface area contributed by atoms with Crippen molar-refractivity contribution in [3.8, 4) is 5.75 Å². The van der Waals surface area contributed by atoms with E-state index < -0.39 is 6.04 Å². The van der Waals surface area contributed by atoms with Crippen LogP contribution in [-0.2, 0) is 22.6 Å². The molecule has 1 heterocycles. The number of aromatic nitrogens is 1. The molecule has 0 aliphatic carbocycles. The molecule has 0 saturated carbocycles. The van der Waals surface area contributed by atoms with Gasteiger partial charge in [0.1, 0.15) is 18.4 Å². The van der Waals surface area contributed by atoms with Gasteiger partial charge in [0, 0.05) is 12.4 Å². The van der Waals surface area contributed by atoms with Gasteiger partial charge >= 0.3 is 5.97 Å². The highest BCUT2D eigenvalue weighted by Crippen LogP contribution is 2.15. The third kappa shape index (κ3) is 4.86. The summed E-state index contributed by atoms with van der Waals surface area (Å²) < 4.78 is 10.6. The third-order valence-electron chi connectivity index (χ3n) is 3.12. The summed E-state index contributed by atoms with van der Waals surface area (Å²) in [5, 5.41) is 0. The smallest absolute Gasteiger partial charge is 0.323 e. The van der Waals surface area contributed by atoms with Gasteiger partial charge in [0.15, 0.2) is 0 Å². The molecule has 1 atom stereocenters. The monoisotopic (exact) mass is 300 g/mol. The van der Waals surface area contributed by atoms with Crippen LogP contribution < -0.4 is 10.5 Å². The summed E-state index contributed by atoms with van der Waals surface area (Å²) in [5.74, 6) is 0.394. The van der Waals surface area contributed by atoms with E-state index in [1.807, 2.05) is 36.4 Å². The molecule has 5 nitrogen and oxygen atoms in total. The van der Waals surface area contributed by atoms with Crippen LogP contribution in [0.3, 0.4) is 0 Å². The molecule has 0 radical (unpaired) electrons. The van der Waals surface area contributed by atoms with Gasteiger partial charge < -0.3 is 15.2 Å². The van der Waals surface area contributed by atoms with Gasteiger partial charge in [-0.15, -0.1) is 0 Å². The maximum Gasteiger partial charge on any atom is 0.323 e. The number of carbonyl (C=O) groups excluding carboxylic acids is 1. The van der Waals surface area contributed by atoms with Crippen molar-refractivity contribution >= 4 is 5.97 Å². The molecule has 0 bridgehead atoms. The lowest BCUT2D eigenvalue weighted by molar-refractivity contribution is -0.144. The van der Waals surface area contributed by atoms with Gasteiger partial charge in [0.2, 0.25) is 0 Å². The standard InChI is InChI=1S/C17H20N2O3/c1-2-21-17(20)16(18)11-13-3-5-15(6-4-13)22-12-14-7-9-19-10-8-14/h3-10,16H,2,11-12,18H2,1H3. The number of hydrogen-bond donors (Lipinski definition) is 1. The van der Waals surface area contributed by atoms with E-state index in [2.05, 4.69) is 4.98 Å². The van der Waals surface area contributed by atoms with Crippen molar-refractivity contribution in [3.63, 3.8) is 0 Å². The van der Waals surface area contributed by atoms with Crippen LogP contribution in [-0.4, -0.2) is 23.6 Å². The summed E-state index contributed by atoms with van der Waals surface area (Å²) in [6, 6.07) is 10.7. The van der Waals surface area contributed by atoms with E-state index in [9.17, 15) is 4.79 Å². The van der Waals surface area contributed by atoms with E-state index in [0.717, 1.165) is 16.9 Å². The minimum atomic E-state index is -0.636. The Hall–Kier alpha value is -2.40. The van der Waals surface area contributed by atoms with Crippen LogP contribution in [0.1, 0.15) is 18.1 Å². The Morgan fingerprint density at radius 3 is 2.45 bits per heavy atom. The first-order chi connectivity index (χ1) is 10.7. The fraction of sp³-hybridized carbons (Fsp3) is 0.294. The van der Waals surface area contributed by atoms with E-state index in [0.29, 0.717) is 19.6 Å². The van der Waals surface area contributed by atoms with E-state index in [4.69, 9.17) is 15.2 Å². The molecule has 5 heteroatoms. The summed E-state index contributed by atoms with van der Waals surface area (Å²) in [6.07, 6.45) is 3.92. The molecule has 0 spiro atoms. The molecule has 1 aromatic heterocycles. The average molecular weight is 300 g/mol. The molecule has 2 rings (SSSR count). The second-order valence-electron chi connectivity index (χ2n) is 4.85. The summed E-state index contributed by atoms with van der Waals surface area (Å²) >= 11 is 0. The van der Waals surface area contributed by atoms with Crippen molar-refractivity contribution in [3.05, 3.63) is 59.9 Å². The number of ether oxygens (including phenoxy) is 2. The first-order valence-corrected chi connectivity index (χ1v) is 7.22. The van der Waals surface area contributed by atoms with Crippen LogP contribution in [0.5, 0.6) is 5.75 Å². The predicted octanol–water partition coefficient (Wildman–Crippen LogP) is 2.09. The number of benzene rings is 1. The summed E-state index contributed by atoms with van der Waals surface area (Å²) in [5.41, 5.74) is 7.82. The predicted molar refractivity (Wildman–Crippen MR) is 83.3 cm³/mol. The fourth-order valence-corrected chi connectivity index (χ4v) is 1.95. The Morgan fingerprint density at radius 2 is 1.82 bits per heavy atom. The minimum absolute atomic E-state index is 0.342. The number of hydrogen-bond acceptors (Lipinski definition) is 5. The van der Waals surface area contributed by atoms with Crippen LogP contribution in [0, 0.1) is 0 Å².